The van der Waals surface area contributed by atoms with Gasteiger partial charge in [0.15, 0.2) is 0 Å². The highest BCUT2D eigenvalue weighted by Gasteiger charge is 2.30. The molecule has 0 unspecified atom stereocenters. The van der Waals surface area contributed by atoms with Gasteiger partial charge in [0.05, 0.1) is 5.56 Å². The van der Waals surface area contributed by atoms with Gasteiger partial charge in [0.1, 0.15) is 6.54 Å². The van der Waals surface area contributed by atoms with E-state index in [4.69, 9.17) is 0 Å². The van der Waals surface area contributed by atoms with Gasteiger partial charge in [0.2, 0.25) is 5.91 Å². The van der Waals surface area contributed by atoms with Gasteiger partial charge >= 0.3 is 12.2 Å². The number of amides is 3. The SMILES string of the molecule is CCCN(CC(=O)N(CCc1c[nH]c2ccccc12)Cc1ccc(C(F)(F)F)cc1)C(=O)Nc1cccc(C)c1C. The molecule has 216 valence electrons. The number of carbonyl (C=O) groups is 2. The zero-order chi connectivity index (χ0) is 29.6. The van der Waals surface area contributed by atoms with E-state index < -0.39 is 11.7 Å². The third-order valence-corrected chi connectivity index (χ3v) is 7.29. The van der Waals surface area contributed by atoms with Gasteiger partial charge in [-0.2, -0.15) is 13.2 Å². The van der Waals surface area contributed by atoms with Gasteiger partial charge in [-0.15, -0.1) is 0 Å². The highest BCUT2D eigenvalue weighted by atomic mass is 19.4. The first kappa shape index (κ1) is 29.7. The Morgan fingerprint density at radius 3 is 2.34 bits per heavy atom. The summed E-state index contributed by atoms with van der Waals surface area (Å²) in [5.41, 5.74) is 4.53. The molecule has 0 aliphatic rings. The Bertz CT molecular complexity index is 1500. The number of alkyl halides is 3. The number of aryl methyl sites for hydroxylation is 1. The fourth-order valence-electron chi connectivity index (χ4n) is 4.77. The van der Waals surface area contributed by atoms with Crippen LogP contribution in [0, 0.1) is 13.8 Å². The van der Waals surface area contributed by atoms with E-state index in [-0.39, 0.29) is 25.0 Å². The van der Waals surface area contributed by atoms with Crippen molar-refractivity contribution in [2.45, 2.75) is 46.3 Å². The highest BCUT2D eigenvalue weighted by Crippen LogP contribution is 2.29. The number of nitrogens with zero attached hydrogens (tertiary/aromatic N) is 2. The normalized spacial score (nSPS) is 11.5. The number of carbonyl (C=O) groups excluding carboxylic acids is 2. The zero-order valence-corrected chi connectivity index (χ0v) is 23.5. The summed E-state index contributed by atoms with van der Waals surface area (Å²) < 4.78 is 39.3. The van der Waals surface area contributed by atoms with E-state index in [1.165, 1.54) is 17.0 Å². The van der Waals surface area contributed by atoms with Crippen LogP contribution in [0.3, 0.4) is 0 Å². The minimum Gasteiger partial charge on any atom is -0.361 e. The lowest BCUT2D eigenvalue weighted by Gasteiger charge is -2.28. The molecule has 0 fully saturated rings. The first-order valence-electron chi connectivity index (χ1n) is 13.7. The van der Waals surface area contributed by atoms with E-state index in [2.05, 4.69) is 10.3 Å². The smallest absolute Gasteiger partial charge is 0.361 e. The van der Waals surface area contributed by atoms with Crippen LogP contribution in [0.4, 0.5) is 23.7 Å². The van der Waals surface area contributed by atoms with Crippen LogP contribution in [0.15, 0.2) is 72.9 Å². The molecule has 4 rings (SSSR count). The van der Waals surface area contributed by atoms with Crippen molar-refractivity contribution in [1.29, 1.82) is 0 Å². The molecule has 1 heterocycles. The summed E-state index contributed by atoms with van der Waals surface area (Å²) in [5.74, 6) is -0.283. The number of anilines is 1. The molecule has 41 heavy (non-hydrogen) atoms. The van der Waals surface area contributed by atoms with Crippen molar-refractivity contribution in [3.8, 4) is 0 Å². The van der Waals surface area contributed by atoms with Crippen molar-refractivity contribution in [3.63, 3.8) is 0 Å². The average Bonchev–Trinajstić information content (AvgIpc) is 3.36. The summed E-state index contributed by atoms with van der Waals surface area (Å²) in [7, 11) is 0. The maximum Gasteiger partial charge on any atom is 0.416 e. The van der Waals surface area contributed by atoms with E-state index in [1.54, 1.807) is 4.90 Å². The Kier molecular flexibility index (Phi) is 9.37. The van der Waals surface area contributed by atoms with Gasteiger partial charge in [0.25, 0.3) is 0 Å². The van der Waals surface area contributed by atoms with Gasteiger partial charge in [-0.3, -0.25) is 4.79 Å². The standard InChI is InChI=1S/C32H35F3N4O2/c1-4-17-39(31(41)37-28-11-7-8-22(2)23(28)3)21-30(40)38(20-24-12-14-26(15-13-24)32(33,34)35)18-16-25-19-36-29-10-6-5-9-27(25)29/h5-15,19,36H,4,16-18,20-21H2,1-3H3,(H,37,41). The number of hydrogen-bond donors (Lipinski definition) is 2. The second-order valence-electron chi connectivity index (χ2n) is 10.2. The van der Waals surface area contributed by atoms with Gasteiger partial charge in [-0.25, -0.2) is 4.79 Å². The maximum atomic E-state index is 13.7. The fraction of sp³-hybridized carbons (Fsp3) is 0.312. The quantitative estimate of drug-likeness (QED) is 0.212. The lowest BCUT2D eigenvalue weighted by Crippen LogP contribution is -2.45. The van der Waals surface area contributed by atoms with E-state index in [0.29, 0.717) is 37.2 Å². The molecule has 0 atom stereocenters. The lowest BCUT2D eigenvalue weighted by atomic mass is 10.1. The number of urea groups is 1. The molecule has 6 nitrogen and oxygen atoms in total. The largest absolute Gasteiger partial charge is 0.416 e. The number of rotatable bonds is 10. The molecular formula is C32H35F3N4O2. The number of para-hydroxylation sites is 1. The summed E-state index contributed by atoms with van der Waals surface area (Å²) in [6.07, 6.45) is -1.33. The summed E-state index contributed by atoms with van der Waals surface area (Å²) in [6, 6.07) is 18.0. The molecule has 3 amide bonds. The van der Waals surface area contributed by atoms with Gasteiger partial charge < -0.3 is 20.1 Å². The van der Waals surface area contributed by atoms with Crippen LogP contribution in [-0.4, -0.2) is 46.4 Å². The van der Waals surface area contributed by atoms with Crippen LogP contribution in [0.25, 0.3) is 10.9 Å². The Balaban J connectivity index is 1.53. The first-order chi connectivity index (χ1) is 19.6. The van der Waals surface area contributed by atoms with Crippen LogP contribution in [0.2, 0.25) is 0 Å². The van der Waals surface area contributed by atoms with Crippen LogP contribution >= 0.6 is 0 Å². The van der Waals surface area contributed by atoms with Crippen molar-refractivity contribution < 1.29 is 22.8 Å². The molecule has 0 aliphatic carbocycles. The van der Waals surface area contributed by atoms with Crippen molar-refractivity contribution in [2.75, 3.05) is 25.0 Å². The summed E-state index contributed by atoms with van der Waals surface area (Å²) in [6.45, 7) is 6.50. The molecule has 9 heteroatoms. The van der Waals surface area contributed by atoms with Crippen LogP contribution in [0.5, 0.6) is 0 Å². The molecule has 0 spiro atoms. The topological polar surface area (TPSA) is 68.4 Å². The highest BCUT2D eigenvalue weighted by molar-refractivity contribution is 5.93. The molecule has 4 aromatic rings. The fourth-order valence-corrected chi connectivity index (χ4v) is 4.77. The number of nitrogens with one attached hydrogen (secondary N) is 2. The monoisotopic (exact) mass is 564 g/mol. The van der Waals surface area contributed by atoms with Gasteiger partial charge in [-0.05, 0) is 73.2 Å². The van der Waals surface area contributed by atoms with E-state index in [0.717, 1.165) is 39.7 Å². The molecule has 0 radical (unpaired) electrons. The van der Waals surface area contributed by atoms with E-state index >= 15 is 0 Å². The Hall–Kier alpha value is -4.27. The second-order valence-corrected chi connectivity index (χ2v) is 10.2. The van der Waals surface area contributed by atoms with E-state index in [1.807, 2.05) is 69.4 Å². The van der Waals surface area contributed by atoms with E-state index in [9.17, 15) is 22.8 Å². The molecule has 3 aromatic carbocycles. The van der Waals surface area contributed by atoms with Gasteiger partial charge in [0, 0.05) is 42.4 Å². The van der Waals surface area contributed by atoms with Gasteiger partial charge in [-0.1, -0.05) is 49.4 Å². The van der Waals surface area contributed by atoms with Crippen molar-refractivity contribution in [3.05, 3.63) is 101 Å². The molecule has 0 aliphatic heterocycles. The van der Waals surface area contributed by atoms with Crippen molar-refractivity contribution in [2.24, 2.45) is 0 Å². The molecule has 2 N–H and O–H groups in total. The molecular weight excluding hydrogens is 529 g/mol. The molecule has 1 aromatic heterocycles. The van der Waals surface area contributed by atoms with Crippen LogP contribution < -0.4 is 5.32 Å². The summed E-state index contributed by atoms with van der Waals surface area (Å²) >= 11 is 0. The minimum absolute atomic E-state index is 0.123. The van der Waals surface area contributed by atoms with Crippen molar-refractivity contribution in [1.82, 2.24) is 14.8 Å². The first-order valence-corrected chi connectivity index (χ1v) is 13.7. The number of fused-ring (bicyclic) bond motifs is 1. The van der Waals surface area contributed by atoms with Crippen LogP contribution in [-0.2, 0) is 23.9 Å². The zero-order valence-electron chi connectivity index (χ0n) is 23.5. The third kappa shape index (κ3) is 7.48. The molecule has 0 bridgehead atoms. The lowest BCUT2D eigenvalue weighted by molar-refractivity contribution is -0.137. The predicted molar refractivity (Wildman–Crippen MR) is 156 cm³/mol. The number of halogens is 3. The predicted octanol–water partition coefficient (Wildman–Crippen LogP) is 7.32. The number of aromatic amines is 1. The maximum absolute atomic E-state index is 13.7. The Labute approximate surface area is 238 Å². The summed E-state index contributed by atoms with van der Waals surface area (Å²) in [4.78, 5) is 33.2. The average molecular weight is 565 g/mol. The van der Waals surface area contributed by atoms with Crippen molar-refractivity contribution >= 4 is 28.5 Å². The summed E-state index contributed by atoms with van der Waals surface area (Å²) in [5, 5.41) is 3.98. The number of benzene rings is 3. The Morgan fingerprint density at radius 2 is 1.63 bits per heavy atom. The molecule has 0 saturated heterocycles. The number of aromatic nitrogens is 1. The minimum atomic E-state index is -4.44. The number of H-pyrrole nitrogens is 1. The Morgan fingerprint density at radius 1 is 0.902 bits per heavy atom. The molecule has 0 saturated carbocycles. The second kappa shape index (κ2) is 12.9. The third-order valence-electron chi connectivity index (χ3n) is 7.29. The number of hydrogen-bond acceptors (Lipinski definition) is 2. The van der Waals surface area contributed by atoms with Crippen LogP contribution in [0.1, 0.15) is 41.2 Å².